The second kappa shape index (κ2) is 5.70. The molecule has 18 heavy (non-hydrogen) atoms. The van der Waals surface area contributed by atoms with Gasteiger partial charge in [0.1, 0.15) is 5.78 Å². The molecule has 2 saturated heterocycles. The van der Waals surface area contributed by atoms with Gasteiger partial charge in [0.15, 0.2) is 0 Å². The molecule has 6 unspecified atom stereocenters. The molecule has 2 heterocycles. The summed E-state index contributed by atoms with van der Waals surface area (Å²) < 4.78 is 0. The van der Waals surface area contributed by atoms with Crippen molar-refractivity contribution < 1.29 is 4.79 Å². The molecule has 104 valence electrons. The van der Waals surface area contributed by atoms with Crippen LogP contribution in [0.5, 0.6) is 0 Å². The molecule has 3 heteroatoms. The lowest BCUT2D eigenvalue weighted by atomic mass is 9.75. The Bertz CT molecular complexity index is 277. The molecular weight excluding hydrogens is 224 g/mol. The van der Waals surface area contributed by atoms with Gasteiger partial charge in [0.05, 0.1) is 0 Å². The van der Waals surface area contributed by atoms with Gasteiger partial charge in [0.25, 0.3) is 0 Å². The van der Waals surface area contributed by atoms with Gasteiger partial charge in [-0.1, -0.05) is 0 Å². The quantitative estimate of drug-likeness (QED) is 0.791. The van der Waals surface area contributed by atoms with Crippen LogP contribution in [0.25, 0.3) is 0 Å². The fraction of sp³-hybridized carbons (Fsp3) is 0.933. The van der Waals surface area contributed by atoms with Crippen molar-refractivity contribution >= 4 is 5.78 Å². The maximum atomic E-state index is 12.7. The Morgan fingerprint density at radius 3 is 1.50 bits per heavy atom. The first-order chi connectivity index (χ1) is 8.49. The molecule has 2 fully saturated rings. The molecule has 2 aliphatic heterocycles. The van der Waals surface area contributed by atoms with Gasteiger partial charge >= 0.3 is 0 Å². The second-order valence-electron chi connectivity index (χ2n) is 6.48. The molecule has 0 saturated carbocycles. The van der Waals surface area contributed by atoms with E-state index in [9.17, 15) is 4.79 Å². The number of carbonyl (C=O) groups is 1. The Hall–Kier alpha value is -0.410. The van der Waals surface area contributed by atoms with E-state index in [2.05, 4.69) is 38.3 Å². The maximum absolute atomic E-state index is 12.7. The van der Waals surface area contributed by atoms with Gasteiger partial charge in [0, 0.05) is 36.0 Å². The molecular formula is C15H28N2O. The van der Waals surface area contributed by atoms with E-state index in [1.807, 2.05) is 0 Å². The van der Waals surface area contributed by atoms with E-state index in [4.69, 9.17) is 0 Å². The number of hydrogen-bond donors (Lipinski definition) is 2. The van der Waals surface area contributed by atoms with Crippen LogP contribution in [0, 0.1) is 11.8 Å². The Kier molecular flexibility index (Phi) is 4.44. The molecule has 6 atom stereocenters. The van der Waals surface area contributed by atoms with Gasteiger partial charge < -0.3 is 10.6 Å². The van der Waals surface area contributed by atoms with Crippen LogP contribution in [0.4, 0.5) is 0 Å². The van der Waals surface area contributed by atoms with Gasteiger partial charge in [-0.3, -0.25) is 4.79 Å². The highest BCUT2D eigenvalue weighted by molar-refractivity contribution is 5.85. The first kappa shape index (κ1) is 14.0. The Morgan fingerprint density at radius 2 is 1.17 bits per heavy atom. The van der Waals surface area contributed by atoms with E-state index >= 15 is 0 Å². The first-order valence-corrected chi connectivity index (χ1v) is 7.55. The van der Waals surface area contributed by atoms with E-state index in [-0.39, 0.29) is 11.8 Å². The topological polar surface area (TPSA) is 41.1 Å². The number of carbonyl (C=O) groups excluding carboxylic acids is 1. The summed E-state index contributed by atoms with van der Waals surface area (Å²) in [7, 11) is 0. The monoisotopic (exact) mass is 252 g/mol. The Morgan fingerprint density at radius 1 is 0.778 bits per heavy atom. The van der Waals surface area contributed by atoms with Crippen LogP contribution in [-0.4, -0.2) is 30.0 Å². The summed E-state index contributed by atoms with van der Waals surface area (Å²) in [6.07, 6.45) is 4.39. The standard InChI is InChI=1S/C15H28N2O/c1-9-5-7-13(11(3)16-9)15(18)14-8-6-10(2)17-12(14)4/h9-14,16-17H,5-8H2,1-4H3. The minimum Gasteiger partial charge on any atom is -0.311 e. The molecule has 0 aromatic heterocycles. The highest BCUT2D eigenvalue weighted by atomic mass is 16.1. The van der Waals surface area contributed by atoms with Crippen molar-refractivity contribution in [3.05, 3.63) is 0 Å². The van der Waals surface area contributed by atoms with Crippen LogP contribution in [-0.2, 0) is 4.79 Å². The molecule has 0 aliphatic carbocycles. The van der Waals surface area contributed by atoms with Gasteiger partial charge in [-0.05, 0) is 53.4 Å². The normalized spacial score (nSPS) is 45.8. The van der Waals surface area contributed by atoms with Crippen molar-refractivity contribution in [2.24, 2.45) is 11.8 Å². The highest BCUT2D eigenvalue weighted by Crippen LogP contribution is 2.29. The highest BCUT2D eigenvalue weighted by Gasteiger charge is 2.38. The zero-order valence-electron chi connectivity index (χ0n) is 12.2. The number of nitrogens with one attached hydrogen (secondary N) is 2. The molecule has 2 rings (SSSR count). The predicted octanol–water partition coefficient (Wildman–Crippen LogP) is 2.11. The molecule has 2 N–H and O–H groups in total. The van der Waals surface area contributed by atoms with Gasteiger partial charge in [0.2, 0.25) is 0 Å². The lowest BCUT2D eigenvalue weighted by Gasteiger charge is -2.39. The van der Waals surface area contributed by atoms with Crippen LogP contribution in [0.2, 0.25) is 0 Å². The van der Waals surface area contributed by atoms with Gasteiger partial charge in [-0.15, -0.1) is 0 Å². The summed E-state index contributed by atoms with van der Waals surface area (Å²) in [4.78, 5) is 12.7. The maximum Gasteiger partial charge on any atom is 0.142 e. The van der Waals surface area contributed by atoms with Crippen LogP contribution in [0.15, 0.2) is 0 Å². The van der Waals surface area contributed by atoms with E-state index in [0.717, 1.165) is 25.7 Å². The van der Waals surface area contributed by atoms with Crippen LogP contribution in [0.1, 0.15) is 53.4 Å². The first-order valence-electron chi connectivity index (χ1n) is 7.55. The third-order valence-corrected chi connectivity index (χ3v) is 4.85. The third kappa shape index (κ3) is 2.94. The number of ketones is 1. The van der Waals surface area contributed by atoms with Crippen molar-refractivity contribution in [3.8, 4) is 0 Å². The molecule has 0 amide bonds. The van der Waals surface area contributed by atoms with E-state index in [0.29, 0.717) is 30.0 Å². The minimum absolute atomic E-state index is 0.226. The van der Waals surface area contributed by atoms with Crippen LogP contribution in [0.3, 0.4) is 0 Å². The summed E-state index contributed by atoms with van der Waals surface area (Å²) in [5.74, 6) is 0.946. The average Bonchev–Trinajstić information content (AvgIpc) is 2.28. The number of hydrogen-bond acceptors (Lipinski definition) is 3. The Balaban J connectivity index is 1.98. The summed E-state index contributed by atoms with van der Waals surface area (Å²) in [5.41, 5.74) is 0. The fourth-order valence-corrected chi connectivity index (χ4v) is 3.71. The zero-order chi connectivity index (χ0) is 13.3. The van der Waals surface area contributed by atoms with Gasteiger partial charge in [-0.2, -0.15) is 0 Å². The predicted molar refractivity (Wildman–Crippen MR) is 74.6 cm³/mol. The molecule has 0 aromatic carbocycles. The summed E-state index contributed by atoms with van der Waals surface area (Å²) in [5, 5.41) is 7.06. The third-order valence-electron chi connectivity index (χ3n) is 4.85. The second-order valence-corrected chi connectivity index (χ2v) is 6.48. The molecule has 0 bridgehead atoms. The van der Waals surface area contributed by atoms with Crippen molar-refractivity contribution in [3.63, 3.8) is 0 Å². The summed E-state index contributed by atoms with van der Waals surface area (Å²) in [6, 6.07) is 1.80. The average molecular weight is 252 g/mol. The minimum atomic E-state index is 0.226. The van der Waals surface area contributed by atoms with Crippen molar-refractivity contribution in [1.82, 2.24) is 10.6 Å². The van der Waals surface area contributed by atoms with E-state index < -0.39 is 0 Å². The van der Waals surface area contributed by atoms with Crippen molar-refractivity contribution in [2.75, 3.05) is 0 Å². The zero-order valence-corrected chi connectivity index (χ0v) is 12.2. The van der Waals surface area contributed by atoms with E-state index in [1.54, 1.807) is 0 Å². The largest absolute Gasteiger partial charge is 0.311 e. The van der Waals surface area contributed by atoms with Crippen molar-refractivity contribution in [1.29, 1.82) is 0 Å². The Labute approximate surface area is 111 Å². The van der Waals surface area contributed by atoms with Gasteiger partial charge in [-0.25, -0.2) is 0 Å². The number of piperidine rings is 2. The SMILES string of the molecule is CC1CCC(C(=O)C2CCC(C)NC2C)C(C)N1. The molecule has 0 spiro atoms. The lowest BCUT2D eigenvalue weighted by Crippen LogP contribution is -2.53. The van der Waals surface area contributed by atoms with Crippen LogP contribution >= 0.6 is 0 Å². The number of rotatable bonds is 2. The summed E-state index contributed by atoms with van der Waals surface area (Å²) >= 11 is 0. The summed E-state index contributed by atoms with van der Waals surface area (Å²) in [6.45, 7) is 8.76. The molecule has 0 aromatic rings. The molecule has 3 nitrogen and oxygen atoms in total. The molecule has 0 radical (unpaired) electrons. The number of Topliss-reactive ketones (excluding diaryl/α,β-unsaturated/α-hetero) is 1. The van der Waals surface area contributed by atoms with Crippen molar-refractivity contribution in [2.45, 2.75) is 77.5 Å². The van der Waals surface area contributed by atoms with Crippen LogP contribution < -0.4 is 10.6 Å². The lowest BCUT2D eigenvalue weighted by molar-refractivity contribution is -0.130. The van der Waals surface area contributed by atoms with E-state index in [1.165, 1.54) is 0 Å². The molecule has 2 aliphatic rings. The fourth-order valence-electron chi connectivity index (χ4n) is 3.71. The smallest absolute Gasteiger partial charge is 0.142 e.